The van der Waals surface area contributed by atoms with Gasteiger partial charge in [0.05, 0.1) is 5.38 Å². The van der Waals surface area contributed by atoms with Crippen LogP contribution in [-0.2, 0) is 0 Å². The Morgan fingerprint density at radius 1 is 1.50 bits per heavy atom. The van der Waals surface area contributed by atoms with Gasteiger partial charge >= 0.3 is 0 Å². The van der Waals surface area contributed by atoms with E-state index in [4.69, 9.17) is 0 Å². The van der Waals surface area contributed by atoms with Crippen molar-refractivity contribution in [2.24, 2.45) is 0 Å². The van der Waals surface area contributed by atoms with Crippen LogP contribution in [0.3, 0.4) is 0 Å². The average Bonchev–Trinajstić information content (AvgIpc) is 2.59. The van der Waals surface area contributed by atoms with Gasteiger partial charge in [-0.15, -0.1) is 0 Å². The van der Waals surface area contributed by atoms with Crippen LogP contribution in [-0.4, -0.2) is 18.1 Å². The van der Waals surface area contributed by atoms with Crippen LogP contribution in [0.5, 0.6) is 0 Å². The van der Waals surface area contributed by atoms with Gasteiger partial charge < -0.3 is 4.90 Å². The molecule has 2 nitrogen and oxygen atoms in total. The lowest BCUT2D eigenvalue weighted by molar-refractivity contribution is 0.949. The van der Waals surface area contributed by atoms with Crippen LogP contribution in [0.25, 0.3) is 0 Å². The van der Waals surface area contributed by atoms with Gasteiger partial charge in [0.25, 0.3) is 0 Å². The molecular weight excluding hydrogens is 144 g/mol. The van der Waals surface area contributed by atoms with Crippen LogP contribution >= 0.6 is 11.3 Å². The van der Waals surface area contributed by atoms with E-state index in [-0.39, 0.29) is 0 Å². The average molecular weight is 153 g/mol. The maximum absolute atomic E-state index is 4.19. The van der Waals surface area contributed by atoms with Crippen LogP contribution in [0, 0.1) is 5.38 Å². The first-order valence-corrected chi connectivity index (χ1v) is 4.35. The summed E-state index contributed by atoms with van der Waals surface area (Å²) in [5.41, 5.74) is 0. The quantitative estimate of drug-likeness (QED) is 0.608. The molecule has 1 aliphatic heterocycles. The van der Waals surface area contributed by atoms with Crippen LogP contribution in [0.15, 0.2) is 6.20 Å². The van der Waals surface area contributed by atoms with E-state index in [2.05, 4.69) is 15.3 Å². The van der Waals surface area contributed by atoms with Gasteiger partial charge in [0.1, 0.15) is 0 Å². The molecule has 1 aromatic rings. The van der Waals surface area contributed by atoms with Gasteiger partial charge in [-0.1, -0.05) is 11.3 Å². The summed E-state index contributed by atoms with van der Waals surface area (Å²) in [4.78, 5) is 6.51. The number of anilines is 1. The van der Waals surface area contributed by atoms with Gasteiger partial charge in [0, 0.05) is 19.3 Å². The number of aromatic nitrogens is 1. The van der Waals surface area contributed by atoms with Crippen LogP contribution in [0.2, 0.25) is 0 Å². The highest BCUT2D eigenvalue weighted by molar-refractivity contribution is 7.13. The third-order valence-corrected chi connectivity index (χ3v) is 2.52. The fraction of sp³-hybridized carbons (Fsp3) is 0.571. The van der Waals surface area contributed by atoms with E-state index in [1.54, 1.807) is 17.5 Å². The summed E-state index contributed by atoms with van der Waals surface area (Å²) in [7, 11) is 0. The maximum atomic E-state index is 4.19. The number of hydrogen-bond donors (Lipinski definition) is 0. The molecule has 0 saturated carbocycles. The molecule has 1 aromatic heterocycles. The van der Waals surface area contributed by atoms with Gasteiger partial charge in [0.15, 0.2) is 5.13 Å². The van der Waals surface area contributed by atoms with Crippen molar-refractivity contribution < 1.29 is 0 Å². The van der Waals surface area contributed by atoms with E-state index in [0.717, 1.165) is 5.13 Å². The van der Waals surface area contributed by atoms with Gasteiger partial charge in [-0.05, 0) is 12.8 Å². The normalized spacial score (nSPS) is 18.2. The number of rotatable bonds is 1. The van der Waals surface area contributed by atoms with Crippen LogP contribution in [0.4, 0.5) is 5.13 Å². The molecule has 0 unspecified atom stereocenters. The van der Waals surface area contributed by atoms with Crippen molar-refractivity contribution in [2.45, 2.75) is 12.8 Å². The zero-order valence-corrected chi connectivity index (χ0v) is 6.52. The lowest BCUT2D eigenvalue weighted by Gasteiger charge is -2.11. The summed E-state index contributed by atoms with van der Waals surface area (Å²) in [6, 6.07) is 0. The Morgan fingerprint density at radius 2 is 2.30 bits per heavy atom. The molecule has 1 fully saturated rings. The first-order chi connectivity index (χ1) is 4.97. The molecule has 1 radical (unpaired) electrons. The van der Waals surface area contributed by atoms with Crippen molar-refractivity contribution in [2.75, 3.05) is 18.0 Å². The summed E-state index contributed by atoms with van der Waals surface area (Å²) >= 11 is 1.61. The van der Waals surface area contributed by atoms with Crippen molar-refractivity contribution in [3.8, 4) is 0 Å². The summed E-state index contributed by atoms with van der Waals surface area (Å²) in [5.74, 6) is 0. The third kappa shape index (κ3) is 1.01. The number of thiazole rings is 1. The molecule has 0 amide bonds. The Balaban J connectivity index is 2.12. The van der Waals surface area contributed by atoms with E-state index in [9.17, 15) is 0 Å². The molecular formula is C7H9N2S. The smallest absolute Gasteiger partial charge is 0.185 e. The Morgan fingerprint density at radius 3 is 2.90 bits per heavy atom. The van der Waals surface area contributed by atoms with Gasteiger partial charge in [-0.2, -0.15) is 0 Å². The van der Waals surface area contributed by atoms with Crippen molar-refractivity contribution >= 4 is 16.5 Å². The molecule has 0 N–H and O–H groups in total. The van der Waals surface area contributed by atoms with E-state index in [1.807, 2.05) is 0 Å². The molecule has 0 aromatic carbocycles. The minimum absolute atomic E-state index is 1.14. The van der Waals surface area contributed by atoms with Crippen molar-refractivity contribution in [1.82, 2.24) is 4.98 Å². The lowest BCUT2D eigenvalue weighted by atomic mass is 10.4. The molecule has 1 saturated heterocycles. The summed E-state index contributed by atoms with van der Waals surface area (Å²) in [6.45, 7) is 2.36. The first-order valence-electron chi connectivity index (χ1n) is 3.53. The molecule has 2 heterocycles. The Labute approximate surface area is 64.5 Å². The SMILES string of the molecule is [c]1cnc(N2CCCC2)s1. The van der Waals surface area contributed by atoms with Crippen molar-refractivity contribution in [3.05, 3.63) is 11.6 Å². The number of nitrogens with zero attached hydrogens (tertiary/aromatic N) is 2. The zero-order valence-electron chi connectivity index (χ0n) is 5.71. The predicted octanol–water partition coefficient (Wildman–Crippen LogP) is 1.54. The fourth-order valence-corrected chi connectivity index (χ4v) is 1.87. The zero-order chi connectivity index (χ0) is 6.81. The minimum atomic E-state index is 1.14. The Hall–Kier alpha value is -0.570. The Bertz CT molecular complexity index is 189. The summed E-state index contributed by atoms with van der Waals surface area (Å²) in [5, 5.41) is 4.13. The molecule has 0 spiro atoms. The molecule has 0 atom stereocenters. The van der Waals surface area contributed by atoms with Gasteiger partial charge in [0.2, 0.25) is 0 Å². The standard InChI is InChI=1S/C7H9N2S/c1-2-5-9(4-1)7-8-3-6-10-7/h3H,1-2,4-5H2. The minimum Gasteiger partial charge on any atom is -0.348 e. The van der Waals surface area contributed by atoms with E-state index >= 15 is 0 Å². The summed E-state index contributed by atoms with van der Waals surface area (Å²) in [6.07, 6.45) is 4.39. The van der Waals surface area contributed by atoms with Gasteiger partial charge in [-0.25, -0.2) is 4.98 Å². The number of hydrogen-bond acceptors (Lipinski definition) is 3. The second-order valence-electron chi connectivity index (χ2n) is 2.45. The highest BCUT2D eigenvalue weighted by atomic mass is 32.1. The highest BCUT2D eigenvalue weighted by Crippen LogP contribution is 2.21. The van der Waals surface area contributed by atoms with E-state index < -0.39 is 0 Å². The van der Waals surface area contributed by atoms with Crippen LogP contribution in [0.1, 0.15) is 12.8 Å². The molecule has 2 rings (SSSR count). The molecule has 3 heteroatoms. The maximum Gasteiger partial charge on any atom is 0.185 e. The van der Waals surface area contributed by atoms with E-state index in [0.29, 0.717) is 0 Å². The van der Waals surface area contributed by atoms with Crippen molar-refractivity contribution in [3.63, 3.8) is 0 Å². The monoisotopic (exact) mass is 153 g/mol. The third-order valence-electron chi connectivity index (χ3n) is 1.75. The van der Waals surface area contributed by atoms with Gasteiger partial charge in [-0.3, -0.25) is 0 Å². The largest absolute Gasteiger partial charge is 0.348 e. The predicted molar refractivity (Wildman–Crippen MR) is 42.4 cm³/mol. The first kappa shape index (κ1) is 6.16. The highest BCUT2D eigenvalue weighted by Gasteiger charge is 2.13. The molecule has 0 aliphatic carbocycles. The summed E-state index contributed by atoms with van der Waals surface area (Å²) < 4.78 is 0. The molecule has 0 bridgehead atoms. The second-order valence-corrected chi connectivity index (χ2v) is 3.26. The van der Waals surface area contributed by atoms with E-state index in [1.165, 1.54) is 25.9 Å². The van der Waals surface area contributed by atoms with Crippen molar-refractivity contribution in [1.29, 1.82) is 0 Å². The lowest BCUT2D eigenvalue weighted by Crippen LogP contribution is -2.16. The Kier molecular flexibility index (Phi) is 1.59. The van der Waals surface area contributed by atoms with Crippen LogP contribution < -0.4 is 4.90 Å². The molecule has 53 valence electrons. The topological polar surface area (TPSA) is 16.1 Å². The molecule has 1 aliphatic rings. The fourth-order valence-electron chi connectivity index (χ4n) is 1.24. The second kappa shape index (κ2) is 2.58. The molecule has 10 heavy (non-hydrogen) atoms.